The molecule has 8 heteroatoms. The van der Waals surface area contributed by atoms with Crippen molar-refractivity contribution < 1.29 is 26.7 Å². The van der Waals surface area contributed by atoms with E-state index in [2.05, 4.69) is 9.88 Å². The molecule has 0 saturated heterocycles. The molecule has 4 rings (SSSR count). The second-order valence-corrected chi connectivity index (χ2v) is 7.66. The molecule has 3 aromatic carbocycles. The Hall–Kier alpha value is -3.55. The predicted octanol–water partition coefficient (Wildman–Crippen LogP) is 0.510. The number of carbonyl (C=O) groups is 1. The van der Waals surface area contributed by atoms with Crippen LogP contribution in [0.5, 0.6) is 11.5 Å². The van der Waals surface area contributed by atoms with Gasteiger partial charge >= 0.3 is 0 Å². The number of fused-ring (bicyclic) bond motifs is 2. The highest BCUT2D eigenvalue weighted by Gasteiger charge is 2.14. The number of ether oxygens (including phenoxy) is 2. The zero-order valence-electron chi connectivity index (χ0n) is 18.6. The molecule has 1 amide bonds. The van der Waals surface area contributed by atoms with Crippen molar-refractivity contribution in [3.8, 4) is 11.5 Å². The van der Waals surface area contributed by atoms with Gasteiger partial charge in [0.05, 0.1) is 31.3 Å². The topological polar surface area (TPSA) is 95.6 Å². The van der Waals surface area contributed by atoms with E-state index in [4.69, 9.17) is 15.2 Å². The lowest BCUT2D eigenvalue weighted by atomic mass is 10.1. The van der Waals surface area contributed by atoms with Crippen molar-refractivity contribution in [3.63, 3.8) is 0 Å². The highest BCUT2D eigenvalue weighted by molar-refractivity contribution is 5.99. The molecule has 0 spiro atoms. The molecule has 0 bridgehead atoms. The van der Waals surface area contributed by atoms with E-state index in [1.165, 1.54) is 0 Å². The molecular formula is C25H25ClN3O4-. The minimum absolute atomic E-state index is 0. The number of nitrogens with one attached hydrogen (secondary N) is 1. The fourth-order valence-electron chi connectivity index (χ4n) is 3.77. The van der Waals surface area contributed by atoms with E-state index in [1.54, 1.807) is 33.3 Å². The zero-order valence-corrected chi connectivity index (χ0v) is 19.3. The standard InChI is InChI=1S/C25H25N3O4.ClH/c1-15(26)25(30)27-17-8-9-23-21(12-17)24(29)20-6-4-5-7-22(20)28(23)14-16-10-18(31-2)13-19(11-16)32-3;/h4-13,15H,14,26H2,1-3H3,(H,27,30);1H/p-1. The molecule has 1 atom stereocenters. The van der Waals surface area contributed by atoms with Crippen LogP contribution in [0.4, 0.5) is 5.69 Å². The Balaban J connectivity index is 0.00000306. The molecule has 1 heterocycles. The van der Waals surface area contributed by atoms with Crippen LogP contribution in [0.15, 0.2) is 65.5 Å². The van der Waals surface area contributed by atoms with E-state index in [-0.39, 0.29) is 23.7 Å². The Bertz CT molecular complexity index is 1360. The summed E-state index contributed by atoms with van der Waals surface area (Å²) in [5, 5.41) is 3.88. The van der Waals surface area contributed by atoms with Gasteiger partial charge in [-0.3, -0.25) is 9.59 Å². The van der Waals surface area contributed by atoms with Crippen molar-refractivity contribution in [3.05, 3.63) is 76.5 Å². The molecule has 0 saturated carbocycles. The summed E-state index contributed by atoms with van der Waals surface area (Å²) >= 11 is 0. The molecular weight excluding hydrogens is 442 g/mol. The third-order valence-electron chi connectivity index (χ3n) is 5.40. The molecule has 3 N–H and O–H groups in total. The molecule has 0 fully saturated rings. The Morgan fingerprint density at radius 2 is 1.61 bits per heavy atom. The van der Waals surface area contributed by atoms with Crippen LogP contribution in [0.3, 0.4) is 0 Å². The van der Waals surface area contributed by atoms with Crippen LogP contribution in [0.2, 0.25) is 0 Å². The number of pyridine rings is 1. The van der Waals surface area contributed by atoms with Crippen LogP contribution in [-0.4, -0.2) is 30.7 Å². The second kappa shape index (κ2) is 9.94. The smallest absolute Gasteiger partial charge is 0.240 e. The van der Waals surface area contributed by atoms with Crippen LogP contribution in [0.25, 0.3) is 21.8 Å². The van der Waals surface area contributed by atoms with Crippen LogP contribution in [0.1, 0.15) is 12.5 Å². The maximum atomic E-state index is 13.3. The lowest BCUT2D eigenvalue weighted by Gasteiger charge is -2.17. The van der Waals surface area contributed by atoms with Gasteiger partial charge in [0, 0.05) is 29.1 Å². The van der Waals surface area contributed by atoms with Gasteiger partial charge in [0.15, 0.2) is 5.43 Å². The van der Waals surface area contributed by atoms with Crippen LogP contribution < -0.4 is 38.4 Å². The summed E-state index contributed by atoms with van der Waals surface area (Å²) in [5.74, 6) is 1.07. The molecule has 7 nitrogen and oxygen atoms in total. The molecule has 1 aromatic heterocycles. The molecule has 0 aliphatic heterocycles. The van der Waals surface area contributed by atoms with E-state index in [0.29, 0.717) is 34.5 Å². The zero-order chi connectivity index (χ0) is 22.8. The largest absolute Gasteiger partial charge is 1.00 e. The van der Waals surface area contributed by atoms with Gasteiger partial charge in [0.1, 0.15) is 11.5 Å². The summed E-state index contributed by atoms with van der Waals surface area (Å²) in [5.41, 5.74) is 8.64. The maximum absolute atomic E-state index is 13.3. The molecule has 0 aliphatic rings. The number of nitrogens with zero attached hydrogens (tertiary/aromatic N) is 1. The summed E-state index contributed by atoms with van der Waals surface area (Å²) < 4.78 is 12.9. The first-order valence-electron chi connectivity index (χ1n) is 10.2. The van der Waals surface area contributed by atoms with Gasteiger partial charge in [0.25, 0.3) is 0 Å². The first-order chi connectivity index (χ1) is 15.4. The summed E-state index contributed by atoms with van der Waals surface area (Å²) in [7, 11) is 3.22. The number of rotatable bonds is 6. The highest BCUT2D eigenvalue weighted by atomic mass is 35.5. The fourth-order valence-corrected chi connectivity index (χ4v) is 3.77. The van der Waals surface area contributed by atoms with Gasteiger partial charge < -0.3 is 37.5 Å². The third kappa shape index (κ3) is 4.79. The fraction of sp³-hybridized carbons (Fsp3) is 0.200. The number of methoxy groups -OCH3 is 2. The number of benzene rings is 3. The number of amides is 1. The second-order valence-electron chi connectivity index (χ2n) is 7.66. The van der Waals surface area contributed by atoms with Gasteiger partial charge in [-0.05, 0) is 55.0 Å². The van der Waals surface area contributed by atoms with Gasteiger partial charge in [-0.1, -0.05) is 12.1 Å². The molecule has 172 valence electrons. The van der Waals surface area contributed by atoms with E-state index < -0.39 is 6.04 Å². The number of anilines is 1. The van der Waals surface area contributed by atoms with Crippen molar-refractivity contribution in [2.75, 3.05) is 19.5 Å². The van der Waals surface area contributed by atoms with Crippen molar-refractivity contribution in [1.29, 1.82) is 0 Å². The van der Waals surface area contributed by atoms with E-state index in [1.807, 2.05) is 48.5 Å². The molecule has 0 radical (unpaired) electrons. The van der Waals surface area contributed by atoms with Gasteiger partial charge in [-0.25, -0.2) is 0 Å². The Kier molecular flexibility index (Phi) is 7.26. The highest BCUT2D eigenvalue weighted by Crippen LogP contribution is 2.27. The SMILES string of the molecule is COc1cc(Cn2c3ccccc3c(=O)c3cc(NC(=O)C(C)N)ccc32)cc(OC)c1.[Cl-]. The Labute approximate surface area is 197 Å². The summed E-state index contributed by atoms with van der Waals surface area (Å²) in [6, 6.07) is 17.9. The lowest BCUT2D eigenvalue weighted by Crippen LogP contribution is -3.00. The van der Waals surface area contributed by atoms with E-state index in [9.17, 15) is 9.59 Å². The number of aromatic nitrogens is 1. The van der Waals surface area contributed by atoms with Gasteiger partial charge in [-0.15, -0.1) is 0 Å². The number of hydrogen-bond donors (Lipinski definition) is 2. The number of nitrogens with two attached hydrogens (primary N) is 1. The monoisotopic (exact) mass is 466 g/mol. The van der Waals surface area contributed by atoms with E-state index in [0.717, 1.165) is 16.6 Å². The van der Waals surface area contributed by atoms with E-state index >= 15 is 0 Å². The Morgan fingerprint density at radius 3 is 2.24 bits per heavy atom. The van der Waals surface area contributed by atoms with Gasteiger partial charge in [0.2, 0.25) is 5.91 Å². The summed E-state index contributed by atoms with van der Waals surface area (Å²) in [4.78, 5) is 25.3. The van der Waals surface area contributed by atoms with Crippen molar-refractivity contribution in [2.24, 2.45) is 5.73 Å². The van der Waals surface area contributed by atoms with Crippen LogP contribution >= 0.6 is 0 Å². The number of para-hydroxylation sites is 1. The van der Waals surface area contributed by atoms with Crippen molar-refractivity contribution in [2.45, 2.75) is 19.5 Å². The molecule has 33 heavy (non-hydrogen) atoms. The van der Waals surface area contributed by atoms with Crippen molar-refractivity contribution in [1.82, 2.24) is 4.57 Å². The normalized spacial score (nSPS) is 11.6. The quantitative estimate of drug-likeness (QED) is 0.404. The first-order valence-corrected chi connectivity index (χ1v) is 10.2. The number of hydrogen-bond acceptors (Lipinski definition) is 5. The average molecular weight is 467 g/mol. The minimum atomic E-state index is -0.651. The summed E-state index contributed by atoms with van der Waals surface area (Å²) in [6.07, 6.45) is 0. The molecule has 0 aliphatic carbocycles. The summed E-state index contributed by atoms with van der Waals surface area (Å²) in [6.45, 7) is 2.11. The number of carbonyl (C=O) groups excluding carboxylic acids is 1. The minimum Gasteiger partial charge on any atom is -1.00 e. The predicted molar refractivity (Wildman–Crippen MR) is 127 cm³/mol. The third-order valence-corrected chi connectivity index (χ3v) is 5.40. The first kappa shape index (κ1) is 24.1. The van der Waals surface area contributed by atoms with Gasteiger partial charge in [-0.2, -0.15) is 0 Å². The van der Waals surface area contributed by atoms with Crippen LogP contribution in [0, 0.1) is 0 Å². The molecule has 4 aromatic rings. The molecule has 1 unspecified atom stereocenters. The number of halogens is 1. The Morgan fingerprint density at radius 1 is 0.970 bits per heavy atom. The van der Waals surface area contributed by atoms with Crippen LogP contribution in [-0.2, 0) is 11.3 Å². The maximum Gasteiger partial charge on any atom is 0.240 e. The average Bonchev–Trinajstić information content (AvgIpc) is 2.81. The lowest BCUT2D eigenvalue weighted by molar-refractivity contribution is -0.117. The van der Waals surface area contributed by atoms with Crippen molar-refractivity contribution >= 4 is 33.4 Å².